The number of likely N-dealkylation sites (tertiary alicyclic amines) is 1. The van der Waals surface area contributed by atoms with Gasteiger partial charge in [-0.1, -0.05) is 30.3 Å². The van der Waals surface area contributed by atoms with Crippen molar-refractivity contribution in [2.75, 3.05) is 19.6 Å². The Morgan fingerprint density at radius 3 is 2.48 bits per heavy atom. The highest BCUT2D eigenvalue weighted by Gasteiger charge is 2.34. The SMILES string of the molecule is Cc1c([C@@H](O)CN2CCC(O)(Cn3cnc4ccccc43)CC2)c2ccccc2n1C. The number of hydrogen-bond acceptors (Lipinski definition) is 4. The first-order valence-corrected chi connectivity index (χ1v) is 11.0. The van der Waals surface area contributed by atoms with Crippen LogP contribution in [-0.4, -0.2) is 54.5 Å². The predicted molar refractivity (Wildman–Crippen MR) is 123 cm³/mol. The monoisotopic (exact) mass is 418 g/mol. The third-order valence-electron chi connectivity index (χ3n) is 6.99. The van der Waals surface area contributed by atoms with E-state index in [4.69, 9.17) is 0 Å². The van der Waals surface area contributed by atoms with Crippen LogP contribution in [0.15, 0.2) is 54.9 Å². The van der Waals surface area contributed by atoms with Crippen LogP contribution in [-0.2, 0) is 13.6 Å². The number of aliphatic hydroxyl groups excluding tert-OH is 1. The van der Waals surface area contributed by atoms with Crippen molar-refractivity contribution < 1.29 is 10.2 Å². The highest BCUT2D eigenvalue weighted by atomic mass is 16.3. The number of aryl methyl sites for hydroxylation is 1. The number of para-hydroxylation sites is 3. The van der Waals surface area contributed by atoms with Crippen molar-refractivity contribution in [3.8, 4) is 0 Å². The van der Waals surface area contributed by atoms with Crippen LogP contribution in [0.25, 0.3) is 21.9 Å². The van der Waals surface area contributed by atoms with Crippen LogP contribution in [0.4, 0.5) is 0 Å². The number of imidazole rings is 1. The Hall–Kier alpha value is -2.67. The highest BCUT2D eigenvalue weighted by Crippen LogP contribution is 2.32. The van der Waals surface area contributed by atoms with E-state index in [2.05, 4.69) is 45.1 Å². The second-order valence-electron chi connectivity index (χ2n) is 8.98. The molecule has 0 bridgehead atoms. The van der Waals surface area contributed by atoms with E-state index < -0.39 is 11.7 Å². The summed E-state index contributed by atoms with van der Waals surface area (Å²) < 4.78 is 4.21. The van der Waals surface area contributed by atoms with E-state index in [0.717, 1.165) is 46.3 Å². The normalized spacial score (nSPS) is 18.1. The lowest BCUT2D eigenvalue weighted by Gasteiger charge is -2.39. The van der Waals surface area contributed by atoms with E-state index in [1.54, 1.807) is 0 Å². The fourth-order valence-corrected chi connectivity index (χ4v) is 5.07. The molecular weight excluding hydrogens is 388 g/mol. The Bertz CT molecular complexity index is 1220. The summed E-state index contributed by atoms with van der Waals surface area (Å²) in [5.74, 6) is 0. The maximum atomic E-state index is 11.2. The van der Waals surface area contributed by atoms with Crippen molar-refractivity contribution in [3.63, 3.8) is 0 Å². The second kappa shape index (κ2) is 7.79. The summed E-state index contributed by atoms with van der Waals surface area (Å²) in [5, 5.41) is 23.4. The minimum Gasteiger partial charge on any atom is -0.388 e. The summed E-state index contributed by atoms with van der Waals surface area (Å²) in [6.07, 6.45) is 2.64. The van der Waals surface area contributed by atoms with Gasteiger partial charge in [0.15, 0.2) is 0 Å². The van der Waals surface area contributed by atoms with Gasteiger partial charge in [0, 0.05) is 48.8 Å². The molecule has 0 saturated carbocycles. The Morgan fingerprint density at radius 1 is 1.03 bits per heavy atom. The minimum atomic E-state index is -0.750. The van der Waals surface area contributed by atoms with E-state index in [9.17, 15) is 10.2 Å². The average molecular weight is 419 g/mol. The van der Waals surface area contributed by atoms with Crippen molar-refractivity contribution in [2.45, 2.75) is 38.0 Å². The molecule has 2 aromatic heterocycles. The van der Waals surface area contributed by atoms with E-state index >= 15 is 0 Å². The van der Waals surface area contributed by atoms with Gasteiger partial charge in [0.05, 0.1) is 35.6 Å². The van der Waals surface area contributed by atoms with Crippen LogP contribution < -0.4 is 0 Å². The molecule has 6 nitrogen and oxygen atoms in total. The van der Waals surface area contributed by atoms with E-state index in [-0.39, 0.29) is 0 Å². The fourth-order valence-electron chi connectivity index (χ4n) is 5.07. The van der Waals surface area contributed by atoms with Gasteiger partial charge in [-0.15, -0.1) is 0 Å². The Morgan fingerprint density at radius 2 is 1.71 bits per heavy atom. The number of nitrogens with zero attached hydrogens (tertiary/aromatic N) is 4. The summed E-state index contributed by atoms with van der Waals surface area (Å²) in [6.45, 7) is 4.74. The summed E-state index contributed by atoms with van der Waals surface area (Å²) in [4.78, 5) is 6.71. The zero-order valence-corrected chi connectivity index (χ0v) is 18.2. The molecule has 2 aromatic carbocycles. The summed E-state index contributed by atoms with van der Waals surface area (Å²) in [5.41, 5.74) is 4.53. The van der Waals surface area contributed by atoms with Crippen molar-refractivity contribution in [1.29, 1.82) is 0 Å². The van der Waals surface area contributed by atoms with Crippen LogP contribution in [0.1, 0.15) is 30.2 Å². The molecule has 162 valence electrons. The summed E-state index contributed by atoms with van der Waals surface area (Å²) >= 11 is 0. The second-order valence-corrected chi connectivity index (χ2v) is 8.98. The molecule has 1 atom stereocenters. The van der Waals surface area contributed by atoms with Gasteiger partial charge in [-0.25, -0.2) is 4.98 Å². The van der Waals surface area contributed by atoms with Gasteiger partial charge in [-0.3, -0.25) is 0 Å². The molecule has 2 N–H and O–H groups in total. The number of benzene rings is 2. The van der Waals surface area contributed by atoms with Crippen molar-refractivity contribution in [2.24, 2.45) is 7.05 Å². The number of piperidine rings is 1. The van der Waals surface area contributed by atoms with Crippen LogP contribution in [0.5, 0.6) is 0 Å². The number of hydrogen-bond donors (Lipinski definition) is 2. The van der Waals surface area contributed by atoms with Crippen LogP contribution in [0, 0.1) is 6.92 Å². The third kappa shape index (κ3) is 3.65. The summed E-state index contributed by atoms with van der Waals surface area (Å²) in [6, 6.07) is 16.3. The van der Waals surface area contributed by atoms with Crippen LogP contribution >= 0.6 is 0 Å². The van der Waals surface area contributed by atoms with E-state index in [1.165, 1.54) is 0 Å². The van der Waals surface area contributed by atoms with Gasteiger partial charge in [0.25, 0.3) is 0 Å². The topological polar surface area (TPSA) is 66.5 Å². The molecule has 1 aliphatic heterocycles. The van der Waals surface area contributed by atoms with Crippen LogP contribution in [0.3, 0.4) is 0 Å². The maximum absolute atomic E-state index is 11.2. The standard InChI is InChI=1S/C25H30N4O2/c1-18-24(19-7-3-5-9-21(19)27(18)2)23(30)15-28-13-11-25(31,12-14-28)16-29-17-26-20-8-4-6-10-22(20)29/h3-10,17,23,30-31H,11-16H2,1-2H3/t23-/m0/s1. The molecule has 0 radical (unpaired) electrons. The molecule has 4 aromatic rings. The number of rotatable bonds is 5. The molecule has 1 saturated heterocycles. The highest BCUT2D eigenvalue weighted by molar-refractivity contribution is 5.85. The number of fused-ring (bicyclic) bond motifs is 2. The lowest BCUT2D eigenvalue weighted by Crippen LogP contribution is -2.47. The average Bonchev–Trinajstić information content (AvgIpc) is 3.29. The molecule has 0 unspecified atom stereocenters. The first-order chi connectivity index (χ1) is 15.0. The zero-order chi connectivity index (χ0) is 21.6. The largest absolute Gasteiger partial charge is 0.388 e. The lowest BCUT2D eigenvalue weighted by molar-refractivity contribution is -0.0408. The third-order valence-corrected chi connectivity index (χ3v) is 6.99. The van der Waals surface area contributed by atoms with E-state index in [0.29, 0.717) is 25.9 Å². The molecule has 3 heterocycles. The Kier molecular flexibility index (Phi) is 5.08. The van der Waals surface area contributed by atoms with Gasteiger partial charge in [-0.2, -0.15) is 0 Å². The van der Waals surface area contributed by atoms with Gasteiger partial charge < -0.3 is 24.2 Å². The predicted octanol–water partition coefficient (Wildman–Crippen LogP) is 3.40. The van der Waals surface area contributed by atoms with Crippen molar-refractivity contribution in [3.05, 3.63) is 66.1 Å². The molecule has 0 aliphatic carbocycles. The Labute approximate surface area is 182 Å². The first kappa shape index (κ1) is 20.2. The van der Waals surface area contributed by atoms with Gasteiger partial charge in [-0.05, 0) is 38.0 Å². The quantitative estimate of drug-likeness (QED) is 0.521. The van der Waals surface area contributed by atoms with Gasteiger partial charge >= 0.3 is 0 Å². The molecule has 5 rings (SSSR count). The summed E-state index contributed by atoms with van der Waals surface area (Å²) in [7, 11) is 2.05. The first-order valence-electron chi connectivity index (χ1n) is 11.0. The number of β-amino-alcohol motifs (C(OH)–C–C–N with tert-alkyl or cyclic N) is 1. The van der Waals surface area contributed by atoms with Crippen molar-refractivity contribution >= 4 is 21.9 Å². The molecule has 0 amide bonds. The number of aliphatic hydroxyl groups is 2. The van der Waals surface area contributed by atoms with Gasteiger partial charge in [0.1, 0.15) is 0 Å². The molecule has 6 heteroatoms. The van der Waals surface area contributed by atoms with Crippen molar-refractivity contribution in [1.82, 2.24) is 19.0 Å². The van der Waals surface area contributed by atoms with Gasteiger partial charge in [0.2, 0.25) is 0 Å². The molecule has 0 spiro atoms. The molecule has 31 heavy (non-hydrogen) atoms. The van der Waals surface area contributed by atoms with E-state index in [1.807, 2.05) is 42.7 Å². The molecule has 1 fully saturated rings. The zero-order valence-electron chi connectivity index (χ0n) is 18.2. The Balaban J connectivity index is 1.26. The lowest BCUT2D eigenvalue weighted by atomic mass is 9.90. The molecular formula is C25H30N4O2. The minimum absolute atomic E-state index is 0.546. The maximum Gasteiger partial charge on any atom is 0.0959 e. The molecule has 1 aliphatic rings. The fraction of sp³-hybridized carbons (Fsp3) is 0.400. The van der Waals surface area contributed by atoms with Crippen LogP contribution in [0.2, 0.25) is 0 Å². The smallest absolute Gasteiger partial charge is 0.0959 e. The number of aromatic nitrogens is 3.